The molecule has 0 spiro atoms. The Balaban J connectivity index is 2.29. The fourth-order valence-electron chi connectivity index (χ4n) is 2.14. The van der Waals surface area contributed by atoms with E-state index in [2.05, 4.69) is 5.32 Å². The number of hydrogen-bond acceptors (Lipinski definition) is 4. The number of hydrogen-bond donors (Lipinski definition) is 1. The topological polar surface area (TPSA) is 72.5 Å². The van der Waals surface area contributed by atoms with Gasteiger partial charge in [0, 0.05) is 22.9 Å². The lowest BCUT2D eigenvalue weighted by molar-refractivity contribution is 0.0929. The van der Waals surface area contributed by atoms with Gasteiger partial charge in [-0.05, 0) is 30.5 Å². The van der Waals surface area contributed by atoms with Gasteiger partial charge in [0.15, 0.2) is 0 Å². The quantitative estimate of drug-likeness (QED) is 0.858. The van der Waals surface area contributed by atoms with Gasteiger partial charge in [0.05, 0.1) is 17.5 Å². The zero-order valence-electron chi connectivity index (χ0n) is 11.1. The maximum atomic E-state index is 12.3. The largest absolute Gasteiger partial charge is 0.379 e. The lowest BCUT2D eigenvalue weighted by Gasteiger charge is -2.13. The summed E-state index contributed by atoms with van der Waals surface area (Å²) < 4.78 is 27.9. The first-order valence-corrected chi connectivity index (χ1v) is 8.69. The van der Waals surface area contributed by atoms with Crippen LogP contribution in [-0.2, 0) is 20.2 Å². The van der Waals surface area contributed by atoms with Crippen molar-refractivity contribution in [3.05, 3.63) is 29.3 Å². The zero-order chi connectivity index (χ0) is 14.8. The summed E-state index contributed by atoms with van der Waals surface area (Å²) in [6.45, 7) is 3.02. The molecule has 20 heavy (non-hydrogen) atoms. The minimum Gasteiger partial charge on any atom is -0.379 e. The molecule has 0 bridgehead atoms. The summed E-state index contributed by atoms with van der Waals surface area (Å²) >= 11 is 0. The maximum absolute atomic E-state index is 12.3. The summed E-state index contributed by atoms with van der Waals surface area (Å²) in [4.78, 5) is 12.2. The van der Waals surface area contributed by atoms with Crippen molar-refractivity contribution in [3.63, 3.8) is 0 Å². The molecule has 0 aromatic heterocycles. The smallest absolute Gasteiger partial charge is 0.261 e. The van der Waals surface area contributed by atoms with E-state index >= 15 is 0 Å². The second kappa shape index (κ2) is 6.11. The Morgan fingerprint density at radius 2 is 2.25 bits per heavy atom. The number of rotatable bonds is 4. The predicted octanol–water partition coefficient (Wildman–Crippen LogP) is 1.70. The molecule has 1 aliphatic rings. The minimum atomic E-state index is -3.84. The molecule has 0 aliphatic carbocycles. The van der Waals surface area contributed by atoms with E-state index < -0.39 is 9.05 Å². The number of carbonyl (C=O) groups excluding carboxylic acids is 1. The Bertz CT molecular complexity index is 609. The first kappa shape index (κ1) is 15.3. The van der Waals surface area contributed by atoms with E-state index in [4.69, 9.17) is 15.4 Å². The summed E-state index contributed by atoms with van der Waals surface area (Å²) in [5.74, 6) is -0.292. The van der Waals surface area contributed by atoms with E-state index in [-0.39, 0.29) is 16.8 Å². The molecule has 1 N–H and O–H groups in total. The number of nitrogens with one attached hydrogen (secondary N) is 1. The zero-order valence-corrected chi connectivity index (χ0v) is 12.6. The van der Waals surface area contributed by atoms with Crippen molar-refractivity contribution in [1.29, 1.82) is 0 Å². The van der Waals surface area contributed by atoms with Crippen molar-refractivity contribution in [2.24, 2.45) is 0 Å². The summed E-state index contributed by atoms with van der Waals surface area (Å²) in [6.07, 6.45) is 1.40. The molecule has 1 aliphatic heterocycles. The Labute approximate surface area is 122 Å². The summed E-state index contributed by atoms with van der Waals surface area (Å²) in [6, 6.07) is 4.33. The van der Waals surface area contributed by atoms with Gasteiger partial charge < -0.3 is 10.1 Å². The van der Waals surface area contributed by atoms with E-state index in [0.29, 0.717) is 25.2 Å². The first-order chi connectivity index (χ1) is 9.41. The molecule has 110 valence electrons. The first-order valence-electron chi connectivity index (χ1n) is 6.38. The van der Waals surface area contributed by atoms with E-state index in [0.717, 1.165) is 12.0 Å². The Hall–Kier alpha value is -1.11. The number of halogens is 1. The van der Waals surface area contributed by atoms with Crippen molar-refractivity contribution in [2.45, 2.75) is 30.7 Å². The van der Waals surface area contributed by atoms with E-state index in [1.54, 1.807) is 6.07 Å². The van der Waals surface area contributed by atoms with Crippen LogP contribution in [0.5, 0.6) is 0 Å². The number of carbonyl (C=O) groups is 1. The van der Waals surface area contributed by atoms with Crippen molar-refractivity contribution in [1.82, 2.24) is 5.32 Å². The minimum absolute atomic E-state index is 0.0246. The van der Waals surface area contributed by atoms with Crippen LogP contribution in [0, 0.1) is 0 Å². The van der Waals surface area contributed by atoms with Gasteiger partial charge in [-0.25, -0.2) is 8.42 Å². The number of benzene rings is 1. The number of aryl methyl sites for hydroxylation is 1. The summed E-state index contributed by atoms with van der Waals surface area (Å²) in [5.41, 5.74) is 1.13. The molecule has 1 fully saturated rings. The molecule has 1 aromatic carbocycles. The van der Waals surface area contributed by atoms with Crippen LogP contribution in [0.3, 0.4) is 0 Å². The fraction of sp³-hybridized carbons (Fsp3) is 0.462. The fourth-order valence-corrected chi connectivity index (χ4v) is 2.92. The molecule has 0 radical (unpaired) electrons. The molecular weight excluding hydrogens is 302 g/mol. The Morgan fingerprint density at radius 1 is 1.50 bits per heavy atom. The standard InChI is InChI=1S/C13H16ClNO4S/c1-2-9-3-4-11(20(14,17)18)7-12(9)13(16)15-10-5-6-19-8-10/h3-4,7,10H,2,5-6,8H2,1H3,(H,15,16). The van der Waals surface area contributed by atoms with Crippen LogP contribution >= 0.6 is 10.7 Å². The van der Waals surface area contributed by atoms with Gasteiger partial charge in [0.2, 0.25) is 0 Å². The maximum Gasteiger partial charge on any atom is 0.261 e. The molecule has 2 rings (SSSR count). The van der Waals surface area contributed by atoms with Crippen molar-refractivity contribution >= 4 is 25.6 Å². The van der Waals surface area contributed by atoms with E-state index in [9.17, 15) is 13.2 Å². The third-order valence-electron chi connectivity index (χ3n) is 3.25. The van der Waals surface area contributed by atoms with Crippen molar-refractivity contribution < 1.29 is 17.9 Å². The Morgan fingerprint density at radius 3 is 2.80 bits per heavy atom. The average Bonchev–Trinajstić information content (AvgIpc) is 2.89. The second-order valence-electron chi connectivity index (χ2n) is 4.64. The monoisotopic (exact) mass is 317 g/mol. The second-order valence-corrected chi connectivity index (χ2v) is 7.21. The van der Waals surface area contributed by atoms with Gasteiger partial charge in [-0.15, -0.1) is 0 Å². The van der Waals surface area contributed by atoms with Crippen LogP contribution < -0.4 is 5.32 Å². The lowest BCUT2D eigenvalue weighted by Crippen LogP contribution is -2.35. The highest BCUT2D eigenvalue weighted by Crippen LogP contribution is 2.20. The molecule has 0 saturated carbocycles. The van der Waals surface area contributed by atoms with Crippen LogP contribution in [-0.4, -0.2) is 33.6 Å². The van der Waals surface area contributed by atoms with Crippen LogP contribution in [0.15, 0.2) is 23.1 Å². The highest BCUT2D eigenvalue weighted by Gasteiger charge is 2.21. The van der Waals surface area contributed by atoms with Gasteiger partial charge in [-0.1, -0.05) is 13.0 Å². The lowest BCUT2D eigenvalue weighted by atomic mass is 10.0. The Kier molecular flexibility index (Phi) is 4.67. The third kappa shape index (κ3) is 3.50. The molecule has 1 heterocycles. The van der Waals surface area contributed by atoms with Crippen molar-refractivity contribution in [2.75, 3.05) is 13.2 Å². The molecular formula is C13H16ClNO4S. The third-order valence-corrected chi connectivity index (χ3v) is 4.60. The van der Waals surface area contributed by atoms with Crippen molar-refractivity contribution in [3.8, 4) is 0 Å². The summed E-state index contributed by atoms with van der Waals surface area (Å²) in [7, 11) is 1.48. The van der Waals surface area contributed by atoms with E-state index in [1.807, 2.05) is 6.92 Å². The molecule has 1 saturated heterocycles. The van der Waals surface area contributed by atoms with E-state index in [1.165, 1.54) is 12.1 Å². The van der Waals surface area contributed by atoms with Crippen LogP contribution in [0.25, 0.3) is 0 Å². The average molecular weight is 318 g/mol. The molecule has 1 aromatic rings. The highest BCUT2D eigenvalue weighted by atomic mass is 35.7. The molecule has 1 amide bonds. The normalized spacial score (nSPS) is 19.0. The molecule has 7 heteroatoms. The van der Waals surface area contributed by atoms with Gasteiger partial charge >= 0.3 is 0 Å². The number of amides is 1. The molecule has 1 atom stereocenters. The predicted molar refractivity (Wildman–Crippen MR) is 75.5 cm³/mol. The SMILES string of the molecule is CCc1ccc(S(=O)(=O)Cl)cc1C(=O)NC1CCOC1. The van der Waals surface area contributed by atoms with Gasteiger partial charge in [-0.2, -0.15) is 0 Å². The van der Waals surface area contributed by atoms with Gasteiger partial charge in [-0.3, -0.25) is 4.79 Å². The number of ether oxygens (including phenoxy) is 1. The van der Waals surface area contributed by atoms with Crippen LogP contribution in [0.1, 0.15) is 29.3 Å². The van der Waals surface area contributed by atoms with Crippen LogP contribution in [0.4, 0.5) is 0 Å². The highest BCUT2D eigenvalue weighted by molar-refractivity contribution is 8.13. The molecule has 5 nitrogen and oxygen atoms in total. The van der Waals surface area contributed by atoms with Crippen LogP contribution in [0.2, 0.25) is 0 Å². The van der Waals surface area contributed by atoms with Gasteiger partial charge in [0.1, 0.15) is 0 Å². The van der Waals surface area contributed by atoms with Gasteiger partial charge in [0.25, 0.3) is 15.0 Å². The summed E-state index contributed by atoms with van der Waals surface area (Å²) in [5, 5.41) is 2.85. The molecule has 1 unspecified atom stereocenters.